The summed E-state index contributed by atoms with van der Waals surface area (Å²) in [7, 11) is 3.31. The number of likely N-dealkylation sites (N-methyl/N-ethyl adjacent to an activating group) is 1. The third-order valence-corrected chi connectivity index (χ3v) is 5.34. The lowest BCUT2D eigenvalue weighted by Gasteiger charge is -2.37. The second-order valence-corrected chi connectivity index (χ2v) is 7.13. The minimum Gasteiger partial charge on any atom is -0.497 e. The van der Waals surface area contributed by atoms with Crippen LogP contribution in [-0.4, -0.2) is 62.2 Å². The highest BCUT2D eigenvalue weighted by Crippen LogP contribution is 2.32. The van der Waals surface area contributed by atoms with Crippen molar-refractivity contribution in [1.82, 2.24) is 15.1 Å². The van der Waals surface area contributed by atoms with Gasteiger partial charge in [0.1, 0.15) is 5.75 Å². The Labute approximate surface area is 166 Å². The number of likely N-dealkylation sites (tertiary alicyclic amines) is 1. The van der Waals surface area contributed by atoms with Crippen molar-refractivity contribution in [3.8, 4) is 5.75 Å². The summed E-state index contributed by atoms with van der Waals surface area (Å²) in [6.07, 6.45) is 3.50. The minimum absolute atomic E-state index is 0.221. The molecule has 2 amide bonds. The quantitative estimate of drug-likeness (QED) is 0.760. The van der Waals surface area contributed by atoms with Crippen molar-refractivity contribution >= 4 is 12.0 Å². The molecule has 2 heterocycles. The van der Waals surface area contributed by atoms with Crippen LogP contribution in [0.4, 0.5) is 4.79 Å². The molecule has 0 aliphatic carbocycles. The molecule has 0 saturated carbocycles. The molecule has 2 aliphatic rings. The molecule has 0 spiro atoms. The van der Waals surface area contributed by atoms with Gasteiger partial charge >= 0.3 is 12.0 Å². The predicted molar refractivity (Wildman–Crippen MR) is 106 cm³/mol. The van der Waals surface area contributed by atoms with Gasteiger partial charge in [-0.25, -0.2) is 9.59 Å². The van der Waals surface area contributed by atoms with Crippen LogP contribution in [0.15, 0.2) is 35.5 Å². The number of hydrogen-bond acceptors (Lipinski definition) is 5. The highest BCUT2D eigenvalue weighted by molar-refractivity contribution is 5.95. The molecule has 0 aromatic heterocycles. The van der Waals surface area contributed by atoms with Gasteiger partial charge in [0.2, 0.25) is 0 Å². The highest BCUT2D eigenvalue weighted by Gasteiger charge is 2.37. The van der Waals surface area contributed by atoms with Gasteiger partial charge in [-0.1, -0.05) is 18.6 Å². The zero-order valence-electron chi connectivity index (χ0n) is 16.9. The summed E-state index contributed by atoms with van der Waals surface area (Å²) in [5, 5.41) is 2.95. The number of hydrogen-bond donors (Lipinski definition) is 1. The van der Waals surface area contributed by atoms with Crippen molar-refractivity contribution in [3.05, 3.63) is 41.1 Å². The van der Waals surface area contributed by atoms with E-state index in [1.54, 1.807) is 26.0 Å². The van der Waals surface area contributed by atoms with E-state index in [9.17, 15) is 9.59 Å². The number of ether oxygens (including phenoxy) is 2. The fraction of sp³-hybridized carbons (Fsp3) is 0.524. The van der Waals surface area contributed by atoms with E-state index in [4.69, 9.17) is 9.47 Å². The summed E-state index contributed by atoms with van der Waals surface area (Å²) >= 11 is 0. The number of nitrogens with zero attached hydrogens (tertiary/aromatic N) is 2. The van der Waals surface area contributed by atoms with Gasteiger partial charge in [-0.2, -0.15) is 0 Å². The number of carbonyl (C=O) groups excluding carboxylic acids is 2. The van der Waals surface area contributed by atoms with Crippen LogP contribution in [0.2, 0.25) is 0 Å². The molecule has 7 heteroatoms. The Kier molecular flexibility index (Phi) is 6.57. The fourth-order valence-corrected chi connectivity index (χ4v) is 3.77. The van der Waals surface area contributed by atoms with Gasteiger partial charge < -0.3 is 14.8 Å². The molecule has 0 radical (unpaired) electrons. The van der Waals surface area contributed by atoms with Gasteiger partial charge in [0, 0.05) is 19.3 Å². The first kappa shape index (κ1) is 20.2. The zero-order valence-corrected chi connectivity index (χ0v) is 16.9. The maximum Gasteiger partial charge on any atom is 0.338 e. The number of rotatable bonds is 6. The van der Waals surface area contributed by atoms with Crippen molar-refractivity contribution < 1.29 is 19.1 Å². The van der Waals surface area contributed by atoms with E-state index >= 15 is 0 Å². The standard InChI is InChI=1S/C21H29N3O4/c1-4-28-20(25)18-17(14-24-12-6-5-7-13-24)23(2)21(26)22-19(18)15-8-10-16(27-3)11-9-15/h8-11,19H,4-7,12-14H2,1-3H3,(H,22,26)/t19-/m0/s1. The number of carbonyl (C=O) groups is 2. The number of nitrogens with one attached hydrogen (secondary N) is 1. The summed E-state index contributed by atoms with van der Waals surface area (Å²) < 4.78 is 10.6. The normalized spacial score (nSPS) is 20.8. The van der Waals surface area contributed by atoms with Crippen LogP contribution in [0, 0.1) is 0 Å². The fourth-order valence-electron chi connectivity index (χ4n) is 3.77. The van der Waals surface area contributed by atoms with Crippen molar-refractivity contribution in [1.29, 1.82) is 0 Å². The molecule has 3 rings (SSSR count). The van der Waals surface area contributed by atoms with E-state index in [-0.39, 0.29) is 18.6 Å². The maximum atomic E-state index is 12.9. The van der Waals surface area contributed by atoms with Crippen molar-refractivity contribution in [2.45, 2.75) is 32.2 Å². The number of esters is 1. The number of urea groups is 1. The average Bonchev–Trinajstić information content (AvgIpc) is 2.72. The first-order valence-corrected chi connectivity index (χ1v) is 9.85. The molecule has 0 bridgehead atoms. The number of piperidine rings is 1. The Morgan fingerprint density at radius 3 is 2.46 bits per heavy atom. The third-order valence-electron chi connectivity index (χ3n) is 5.34. The van der Waals surface area contributed by atoms with Gasteiger partial charge in [0.25, 0.3) is 0 Å². The molecule has 7 nitrogen and oxygen atoms in total. The van der Waals surface area contributed by atoms with Crippen LogP contribution < -0.4 is 10.1 Å². The monoisotopic (exact) mass is 387 g/mol. The first-order chi connectivity index (χ1) is 13.5. The minimum atomic E-state index is -0.548. The third kappa shape index (κ3) is 4.30. The van der Waals surface area contributed by atoms with E-state index in [0.29, 0.717) is 17.8 Å². The van der Waals surface area contributed by atoms with Crippen molar-refractivity contribution in [2.24, 2.45) is 0 Å². The molecule has 1 atom stereocenters. The lowest BCUT2D eigenvalue weighted by molar-refractivity contribution is -0.139. The molecule has 1 fully saturated rings. The summed E-state index contributed by atoms with van der Waals surface area (Å²) in [5.41, 5.74) is 2.03. The Morgan fingerprint density at radius 2 is 1.86 bits per heavy atom. The maximum absolute atomic E-state index is 12.9. The van der Waals surface area contributed by atoms with Crippen molar-refractivity contribution in [2.75, 3.05) is 40.4 Å². The summed E-state index contributed by atoms with van der Waals surface area (Å²) in [6.45, 7) is 4.58. The van der Waals surface area contributed by atoms with Crippen LogP contribution in [0.3, 0.4) is 0 Å². The SMILES string of the molecule is CCOC(=O)C1=C(CN2CCCCC2)N(C)C(=O)N[C@H]1c1ccc(OC)cc1. The Morgan fingerprint density at radius 1 is 1.18 bits per heavy atom. The molecular weight excluding hydrogens is 358 g/mol. The average molecular weight is 387 g/mol. The lowest BCUT2D eigenvalue weighted by atomic mass is 9.94. The van der Waals surface area contributed by atoms with Gasteiger partial charge in [0.05, 0.1) is 25.3 Å². The first-order valence-electron chi connectivity index (χ1n) is 9.85. The topological polar surface area (TPSA) is 71.1 Å². The van der Waals surface area contributed by atoms with Crippen molar-refractivity contribution in [3.63, 3.8) is 0 Å². The van der Waals surface area contributed by atoms with E-state index in [1.807, 2.05) is 24.3 Å². The van der Waals surface area contributed by atoms with Gasteiger partial charge in [0.15, 0.2) is 0 Å². The van der Waals surface area contributed by atoms with Gasteiger partial charge in [-0.05, 0) is 50.6 Å². The lowest BCUT2D eigenvalue weighted by Crippen LogP contribution is -2.49. The largest absolute Gasteiger partial charge is 0.497 e. The second kappa shape index (κ2) is 9.10. The van der Waals surface area contributed by atoms with E-state index < -0.39 is 6.04 Å². The molecule has 1 aromatic rings. The molecule has 1 N–H and O–H groups in total. The van der Waals surface area contributed by atoms with Crippen LogP contribution in [0.5, 0.6) is 5.75 Å². The van der Waals surface area contributed by atoms with Crippen LogP contribution in [0.25, 0.3) is 0 Å². The Hall–Kier alpha value is -2.54. The Balaban J connectivity index is 2.02. The number of amides is 2. The summed E-state index contributed by atoms with van der Waals surface area (Å²) in [4.78, 5) is 29.4. The Bertz CT molecular complexity index is 739. The second-order valence-electron chi connectivity index (χ2n) is 7.13. The molecular formula is C21H29N3O4. The van der Waals surface area contributed by atoms with E-state index in [2.05, 4.69) is 10.2 Å². The highest BCUT2D eigenvalue weighted by atomic mass is 16.5. The number of methoxy groups -OCH3 is 1. The van der Waals surface area contributed by atoms with E-state index in [0.717, 1.165) is 37.2 Å². The summed E-state index contributed by atoms with van der Waals surface area (Å²) in [5.74, 6) is 0.334. The summed E-state index contributed by atoms with van der Waals surface area (Å²) in [6, 6.07) is 6.62. The zero-order chi connectivity index (χ0) is 20.1. The molecule has 1 saturated heterocycles. The molecule has 28 heavy (non-hydrogen) atoms. The molecule has 2 aliphatic heterocycles. The van der Waals surface area contributed by atoms with Crippen LogP contribution in [-0.2, 0) is 9.53 Å². The molecule has 1 aromatic carbocycles. The van der Waals surface area contributed by atoms with Crippen LogP contribution >= 0.6 is 0 Å². The van der Waals surface area contributed by atoms with Gasteiger partial charge in [-0.15, -0.1) is 0 Å². The molecule has 0 unspecified atom stereocenters. The van der Waals surface area contributed by atoms with E-state index in [1.165, 1.54) is 6.42 Å². The van der Waals surface area contributed by atoms with Gasteiger partial charge in [-0.3, -0.25) is 9.80 Å². The predicted octanol–water partition coefficient (Wildman–Crippen LogP) is 2.69. The molecule has 152 valence electrons. The number of benzene rings is 1. The van der Waals surface area contributed by atoms with Crippen LogP contribution in [0.1, 0.15) is 37.8 Å². The smallest absolute Gasteiger partial charge is 0.338 e.